The first-order valence-corrected chi connectivity index (χ1v) is 19.0. The molecular formula is C46H55IrN3O2-2. The maximum Gasteiger partial charge on any atom is 0.221 e. The third kappa shape index (κ3) is 8.67. The number of carbonyl (C=O) groups is 1. The molecule has 2 aromatic heterocycles. The molecule has 0 spiro atoms. The van der Waals surface area contributed by atoms with Gasteiger partial charge in [-0.3, -0.25) is 9.78 Å². The van der Waals surface area contributed by atoms with E-state index in [4.69, 9.17) is 14.4 Å². The fraction of sp³-hybridized carbons (Fsp3) is 0.413. The average Bonchev–Trinajstić information content (AvgIpc) is 3.51. The van der Waals surface area contributed by atoms with Gasteiger partial charge in [-0.05, 0) is 41.7 Å². The summed E-state index contributed by atoms with van der Waals surface area (Å²) < 4.78 is 6.32. The van der Waals surface area contributed by atoms with Crippen LogP contribution in [0.3, 0.4) is 0 Å². The Hall–Kier alpha value is -3.86. The molecule has 0 aliphatic rings. The number of furan rings is 1. The summed E-state index contributed by atoms with van der Waals surface area (Å²) in [4.78, 5) is 22.2. The van der Waals surface area contributed by atoms with E-state index in [2.05, 4.69) is 141 Å². The molecule has 0 aliphatic heterocycles. The van der Waals surface area contributed by atoms with E-state index >= 15 is 0 Å². The van der Waals surface area contributed by atoms with Gasteiger partial charge in [0.05, 0.1) is 0 Å². The van der Waals surface area contributed by atoms with Gasteiger partial charge in [0.25, 0.3) is 0 Å². The second-order valence-corrected chi connectivity index (χ2v) is 14.6. The number of benzene rings is 4. The minimum Gasteiger partial charge on any atom is -0.685 e. The predicted octanol–water partition coefficient (Wildman–Crippen LogP) is 13.5. The molecule has 0 atom stereocenters. The van der Waals surface area contributed by atoms with Gasteiger partial charge in [0.2, 0.25) is 5.71 Å². The van der Waals surface area contributed by atoms with E-state index in [0.717, 1.165) is 75.6 Å². The number of rotatable bonds is 12. The summed E-state index contributed by atoms with van der Waals surface area (Å²) in [5, 5.41) is 11.4. The third-order valence-corrected chi connectivity index (χ3v) is 9.98. The van der Waals surface area contributed by atoms with Gasteiger partial charge in [-0.15, -0.1) is 29.3 Å². The van der Waals surface area contributed by atoms with Crippen molar-refractivity contribution in [1.29, 1.82) is 0 Å². The van der Waals surface area contributed by atoms with E-state index in [-0.39, 0.29) is 43.8 Å². The normalized spacial score (nSPS) is 12.1. The Kier molecular flexibility index (Phi) is 14.4. The predicted molar refractivity (Wildman–Crippen MR) is 217 cm³/mol. The summed E-state index contributed by atoms with van der Waals surface area (Å²) in [6, 6.07) is 27.1. The quantitative estimate of drug-likeness (QED) is 0.0907. The maximum atomic E-state index is 12.2. The molecule has 5 nitrogen and oxygen atoms in total. The van der Waals surface area contributed by atoms with Crippen molar-refractivity contribution in [1.82, 2.24) is 9.97 Å². The smallest absolute Gasteiger partial charge is 0.221 e. The number of ketones is 1. The van der Waals surface area contributed by atoms with Crippen molar-refractivity contribution in [3.8, 4) is 11.3 Å². The molecule has 1 radical (unpaired) electrons. The number of hydrogen-bond acceptors (Lipinski definition) is 4. The van der Waals surface area contributed by atoms with Gasteiger partial charge in [0.1, 0.15) is 11.4 Å². The van der Waals surface area contributed by atoms with Crippen LogP contribution in [0.4, 0.5) is 0 Å². The molecule has 0 N–H and O–H groups in total. The Morgan fingerprint density at radius 1 is 0.750 bits per heavy atom. The van der Waals surface area contributed by atoms with E-state index in [1.165, 1.54) is 16.3 Å². The van der Waals surface area contributed by atoms with E-state index in [9.17, 15) is 4.79 Å². The summed E-state index contributed by atoms with van der Waals surface area (Å²) >= 11 is 0. The standard InChI is InChI=1S/C30H25N2O.C16H31NO.Ir/c1-17(2)20-14-15-24(23-12-8-7-11-22(20)23)28-27-26-21-10-6-5-9-19(21)13-16-25(26)33-30(27)32-29(31-28)18(3)4;1-7-13(8-2)15(17-12(5)6)11-16(18)14(9-3)10-4;/h5-14,16-18H,1-4H3;11-14H,7-10H2,1-6H3,(H,17,18);/q-1;;/p-1. The van der Waals surface area contributed by atoms with Crippen molar-refractivity contribution >= 4 is 49.4 Å². The van der Waals surface area contributed by atoms with Crippen molar-refractivity contribution in [2.45, 2.75) is 113 Å². The van der Waals surface area contributed by atoms with Gasteiger partial charge in [0.15, 0.2) is 5.78 Å². The molecule has 52 heavy (non-hydrogen) atoms. The number of allylic oxidation sites excluding steroid dienone is 2. The summed E-state index contributed by atoms with van der Waals surface area (Å²) in [6.45, 7) is 21.3. The Balaban J connectivity index is 0.000000275. The monoisotopic (exact) mass is 874 g/mol. The molecule has 6 rings (SSSR count). The van der Waals surface area contributed by atoms with E-state index in [1.807, 2.05) is 12.1 Å². The van der Waals surface area contributed by atoms with Crippen LogP contribution in [-0.2, 0) is 24.9 Å². The molecule has 0 bridgehead atoms. The van der Waals surface area contributed by atoms with Gasteiger partial charge in [-0.2, -0.15) is 10.7 Å². The molecule has 0 aliphatic carbocycles. The van der Waals surface area contributed by atoms with Crippen molar-refractivity contribution in [3.05, 3.63) is 101 Å². The Labute approximate surface area is 324 Å². The first kappa shape index (κ1) is 40.9. The van der Waals surface area contributed by atoms with Crippen molar-refractivity contribution in [2.75, 3.05) is 0 Å². The van der Waals surface area contributed by atoms with Crippen LogP contribution in [-0.4, -0.2) is 21.8 Å². The molecule has 6 heteroatoms. The van der Waals surface area contributed by atoms with Crippen LogP contribution in [0.1, 0.15) is 118 Å². The molecule has 0 saturated carbocycles. The molecule has 0 fully saturated rings. The van der Waals surface area contributed by atoms with Crippen LogP contribution < -0.4 is 0 Å². The second-order valence-electron chi connectivity index (χ2n) is 14.6. The molecule has 277 valence electrons. The largest absolute Gasteiger partial charge is 0.685 e. The summed E-state index contributed by atoms with van der Waals surface area (Å²) in [7, 11) is 0. The topological polar surface area (TPSA) is 70.1 Å². The fourth-order valence-corrected chi connectivity index (χ4v) is 7.05. The Morgan fingerprint density at radius 3 is 1.96 bits per heavy atom. The molecule has 0 unspecified atom stereocenters. The number of fused-ring (bicyclic) bond motifs is 6. The number of nitrogens with zero attached hydrogens (tertiary/aromatic N) is 3. The van der Waals surface area contributed by atoms with Crippen LogP contribution in [0, 0.1) is 17.9 Å². The first-order valence-electron chi connectivity index (χ1n) is 19.0. The molecular weight excluding hydrogens is 819 g/mol. The number of aromatic nitrogens is 2. The van der Waals surface area contributed by atoms with E-state index in [0.29, 0.717) is 17.5 Å². The zero-order valence-electron chi connectivity index (χ0n) is 32.6. The zero-order chi connectivity index (χ0) is 36.8. The molecule has 0 amide bonds. The number of hydrogen-bond donors (Lipinski definition) is 0. The summed E-state index contributed by atoms with van der Waals surface area (Å²) in [6.07, 6.45) is 5.76. The maximum absolute atomic E-state index is 12.2. The minimum absolute atomic E-state index is 0. The van der Waals surface area contributed by atoms with Crippen LogP contribution in [0.2, 0.25) is 0 Å². The van der Waals surface area contributed by atoms with Crippen molar-refractivity contribution in [3.63, 3.8) is 0 Å². The molecule has 0 saturated heterocycles. The molecule has 2 heterocycles. The molecule has 6 aromatic rings. The van der Waals surface area contributed by atoms with Crippen molar-refractivity contribution in [2.24, 2.45) is 11.8 Å². The van der Waals surface area contributed by atoms with Crippen molar-refractivity contribution < 1.29 is 29.3 Å². The van der Waals surface area contributed by atoms with Crippen LogP contribution in [0.15, 0.2) is 82.9 Å². The van der Waals surface area contributed by atoms with Gasteiger partial charge in [-0.1, -0.05) is 153 Å². The Bertz CT molecular complexity index is 2150. The second kappa shape index (κ2) is 18.3. The summed E-state index contributed by atoms with van der Waals surface area (Å²) in [5.74, 6) is 2.22. The third-order valence-electron chi connectivity index (χ3n) is 9.98. The average molecular weight is 874 g/mol. The number of carbonyl (C=O) groups excluding carboxylic acids is 1. The minimum atomic E-state index is 0. The zero-order valence-corrected chi connectivity index (χ0v) is 35.0. The summed E-state index contributed by atoms with van der Waals surface area (Å²) in [5.41, 5.74) is 5.67. The van der Waals surface area contributed by atoms with E-state index in [1.54, 1.807) is 0 Å². The SMILES string of the molecule is CC(C)c1nc(-c2[c-]cc(C(C)C)c3ccccc23)c2c(n1)oc1ccc3ccccc3c12.CCC(CC)C(=O)/C=C(\[N-]C(C)C)C(CC)CC.[Ir]. The van der Waals surface area contributed by atoms with Gasteiger partial charge >= 0.3 is 0 Å². The molecule has 4 aromatic carbocycles. The Morgan fingerprint density at radius 2 is 1.37 bits per heavy atom. The van der Waals surface area contributed by atoms with Gasteiger partial charge in [0, 0.05) is 48.4 Å². The van der Waals surface area contributed by atoms with E-state index < -0.39 is 0 Å². The van der Waals surface area contributed by atoms with Crippen LogP contribution in [0.25, 0.3) is 60.2 Å². The van der Waals surface area contributed by atoms with Gasteiger partial charge < -0.3 is 9.73 Å². The fourth-order valence-electron chi connectivity index (χ4n) is 7.05. The first-order chi connectivity index (χ1) is 24.5. The van der Waals surface area contributed by atoms with Crippen LogP contribution >= 0.6 is 0 Å². The van der Waals surface area contributed by atoms with Crippen LogP contribution in [0.5, 0.6) is 0 Å². The van der Waals surface area contributed by atoms with Gasteiger partial charge in [-0.25, -0.2) is 0 Å².